The third-order valence-electron chi connectivity index (χ3n) is 2.40. The average Bonchev–Trinajstić information content (AvgIpc) is 2.41. The number of nitrogens with one attached hydrogen (secondary N) is 1. The van der Waals surface area contributed by atoms with Crippen LogP contribution in [-0.2, 0) is 13.6 Å². The minimum absolute atomic E-state index is 0.0843. The second-order valence-corrected chi connectivity index (χ2v) is 3.76. The zero-order chi connectivity index (χ0) is 13.0. The highest BCUT2D eigenvalue weighted by Crippen LogP contribution is 1.96. The van der Waals surface area contributed by atoms with E-state index >= 15 is 0 Å². The summed E-state index contributed by atoms with van der Waals surface area (Å²) >= 11 is 0. The first kappa shape index (κ1) is 12.0. The first-order chi connectivity index (χ1) is 8.66. The van der Waals surface area contributed by atoms with Crippen molar-refractivity contribution in [1.82, 2.24) is 19.9 Å². The standard InChI is InChI=1S/C12H12N4O2/c1-16-8-9(2-3-11(16)17)6-15-12(18)10-7-13-4-5-14-10/h2-5,7-8H,6H2,1H3,(H,15,18). The van der Waals surface area contributed by atoms with Gasteiger partial charge in [-0.1, -0.05) is 6.07 Å². The van der Waals surface area contributed by atoms with Crippen molar-refractivity contribution in [1.29, 1.82) is 0 Å². The van der Waals surface area contributed by atoms with Crippen LogP contribution in [0.2, 0.25) is 0 Å². The van der Waals surface area contributed by atoms with Crippen LogP contribution in [0.25, 0.3) is 0 Å². The Labute approximate surface area is 103 Å². The summed E-state index contributed by atoms with van der Waals surface area (Å²) < 4.78 is 1.46. The summed E-state index contributed by atoms with van der Waals surface area (Å²) in [5, 5.41) is 2.71. The molecule has 0 fully saturated rings. The topological polar surface area (TPSA) is 76.9 Å². The fourth-order valence-corrected chi connectivity index (χ4v) is 1.45. The highest BCUT2D eigenvalue weighted by molar-refractivity contribution is 5.91. The van der Waals surface area contributed by atoms with Gasteiger partial charge in [0.25, 0.3) is 5.91 Å². The van der Waals surface area contributed by atoms with Gasteiger partial charge in [0.1, 0.15) is 5.69 Å². The Morgan fingerprint density at radius 3 is 2.89 bits per heavy atom. The van der Waals surface area contributed by atoms with Crippen LogP contribution in [0.5, 0.6) is 0 Å². The summed E-state index contributed by atoms with van der Waals surface area (Å²) in [7, 11) is 1.66. The van der Waals surface area contributed by atoms with Crippen LogP contribution in [-0.4, -0.2) is 20.4 Å². The zero-order valence-electron chi connectivity index (χ0n) is 9.83. The molecule has 92 valence electrons. The Hall–Kier alpha value is -2.50. The van der Waals surface area contributed by atoms with Crippen LogP contribution in [0.1, 0.15) is 16.1 Å². The molecule has 0 aliphatic carbocycles. The van der Waals surface area contributed by atoms with Crippen LogP contribution in [0.15, 0.2) is 41.7 Å². The number of pyridine rings is 1. The molecule has 2 rings (SSSR count). The lowest BCUT2D eigenvalue weighted by molar-refractivity contribution is 0.0945. The van der Waals surface area contributed by atoms with Gasteiger partial charge in [0.15, 0.2) is 0 Å². The predicted molar refractivity (Wildman–Crippen MR) is 64.9 cm³/mol. The van der Waals surface area contributed by atoms with Crippen molar-refractivity contribution in [2.45, 2.75) is 6.54 Å². The number of aromatic nitrogens is 3. The molecule has 0 saturated heterocycles. The van der Waals surface area contributed by atoms with Gasteiger partial charge in [-0.3, -0.25) is 14.6 Å². The highest BCUT2D eigenvalue weighted by Gasteiger charge is 2.06. The Morgan fingerprint density at radius 2 is 2.22 bits per heavy atom. The number of amides is 1. The van der Waals surface area contributed by atoms with Gasteiger partial charge in [-0.25, -0.2) is 4.98 Å². The smallest absolute Gasteiger partial charge is 0.271 e. The van der Waals surface area contributed by atoms with E-state index in [0.717, 1.165) is 5.56 Å². The second-order valence-electron chi connectivity index (χ2n) is 3.76. The Kier molecular flexibility index (Phi) is 3.47. The van der Waals surface area contributed by atoms with E-state index in [1.807, 2.05) is 0 Å². The van der Waals surface area contributed by atoms with Crippen LogP contribution in [0.4, 0.5) is 0 Å². The fourth-order valence-electron chi connectivity index (χ4n) is 1.45. The molecule has 1 amide bonds. The molecule has 0 atom stereocenters. The fraction of sp³-hybridized carbons (Fsp3) is 0.167. The minimum Gasteiger partial charge on any atom is -0.347 e. The van der Waals surface area contributed by atoms with E-state index in [4.69, 9.17) is 0 Å². The summed E-state index contributed by atoms with van der Waals surface area (Å²) in [6, 6.07) is 3.14. The molecular formula is C12H12N4O2. The first-order valence-electron chi connectivity index (χ1n) is 5.36. The van der Waals surface area contributed by atoms with Crippen LogP contribution in [0, 0.1) is 0 Å². The largest absolute Gasteiger partial charge is 0.347 e. The van der Waals surface area contributed by atoms with Gasteiger partial charge in [-0.15, -0.1) is 0 Å². The molecule has 6 heteroatoms. The van der Waals surface area contributed by atoms with Gasteiger partial charge in [0, 0.05) is 38.2 Å². The lowest BCUT2D eigenvalue weighted by Gasteiger charge is -2.05. The molecule has 0 saturated carbocycles. The summed E-state index contributed by atoms with van der Waals surface area (Å²) in [5.74, 6) is -0.294. The third-order valence-corrected chi connectivity index (χ3v) is 2.40. The molecule has 2 heterocycles. The van der Waals surface area contributed by atoms with E-state index in [0.29, 0.717) is 6.54 Å². The van der Waals surface area contributed by atoms with Crippen molar-refractivity contribution in [2.24, 2.45) is 7.05 Å². The summed E-state index contributed by atoms with van der Waals surface area (Å²) in [6.45, 7) is 0.337. The second kappa shape index (κ2) is 5.22. The molecule has 0 aromatic carbocycles. The Bertz CT molecular complexity index is 607. The molecule has 0 aliphatic rings. The van der Waals surface area contributed by atoms with E-state index in [2.05, 4.69) is 15.3 Å². The molecule has 1 N–H and O–H groups in total. The number of carbonyl (C=O) groups is 1. The van der Waals surface area contributed by atoms with Crippen molar-refractivity contribution in [3.8, 4) is 0 Å². The minimum atomic E-state index is -0.294. The van der Waals surface area contributed by atoms with E-state index in [1.54, 1.807) is 19.3 Å². The maximum atomic E-state index is 11.7. The van der Waals surface area contributed by atoms with Crippen molar-refractivity contribution < 1.29 is 4.79 Å². The van der Waals surface area contributed by atoms with Gasteiger partial charge in [0.05, 0.1) is 6.20 Å². The number of rotatable bonds is 3. The van der Waals surface area contributed by atoms with E-state index in [-0.39, 0.29) is 17.2 Å². The van der Waals surface area contributed by atoms with Gasteiger partial charge in [-0.05, 0) is 5.56 Å². The van der Waals surface area contributed by atoms with Crippen LogP contribution >= 0.6 is 0 Å². The van der Waals surface area contributed by atoms with Gasteiger partial charge in [-0.2, -0.15) is 0 Å². The molecule has 0 radical (unpaired) electrons. The van der Waals surface area contributed by atoms with Gasteiger partial charge in [0.2, 0.25) is 5.56 Å². The van der Waals surface area contributed by atoms with E-state index in [9.17, 15) is 9.59 Å². The first-order valence-corrected chi connectivity index (χ1v) is 5.36. The lowest BCUT2D eigenvalue weighted by atomic mass is 10.2. The normalized spacial score (nSPS) is 10.1. The average molecular weight is 244 g/mol. The SMILES string of the molecule is Cn1cc(CNC(=O)c2cnccn2)ccc1=O. The number of aryl methyl sites for hydroxylation is 1. The number of hydrogen-bond donors (Lipinski definition) is 1. The number of hydrogen-bond acceptors (Lipinski definition) is 4. The molecular weight excluding hydrogens is 232 g/mol. The number of nitrogens with zero attached hydrogens (tertiary/aromatic N) is 3. The predicted octanol–water partition coefficient (Wildman–Crippen LogP) is 0.105. The molecule has 0 unspecified atom stereocenters. The number of carbonyl (C=O) groups excluding carboxylic acids is 1. The summed E-state index contributed by atoms with van der Waals surface area (Å²) in [5.41, 5.74) is 1.02. The molecule has 0 spiro atoms. The molecule has 18 heavy (non-hydrogen) atoms. The highest BCUT2D eigenvalue weighted by atomic mass is 16.2. The Morgan fingerprint density at radius 1 is 1.39 bits per heavy atom. The monoisotopic (exact) mass is 244 g/mol. The van der Waals surface area contributed by atoms with Crippen molar-refractivity contribution in [3.05, 3.63) is 58.5 Å². The van der Waals surface area contributed by atoms with Crippen molar-refractivity contribution >= 4 is 5.91 Å². The summed E-state index contributed by atoms with van der Waals surface area (Å²) in [4.78, 5) is 30.6. The molecule has 2 aromatic heterocycles. The van der Waals surface area contributed by atoms with E-state index in [1.165, 1.54) is 29.2 Å². The van der Waals surface area contributed by atoms with Crippen molar-refractivity contribution in [3.63, 3.8) is 0 Å². The lowest BCUT2D eigenvalue weighted by Crippen LogP contribution is -2.25. The van der Waals surface area contributed by atoms with E-state index < -0.39 is 0 Å². The maximum absolute atomic E-state index is 11.7. The molecule has 2 aromatic rings. The molecule has 0 bridgehead atoms. The van der Waals surface area contributed by atoms with Crippen LogP contribution in [0.3, 0.4) is 0 Å². The molecule has 0 aliphatic heterocycles. The van der Waals surface area contributed by atoms with Gasteiger partial charge >= 0.3 is 0 Å². The van der Waals surface area contributed by atoms with Crippen LogP contribution < -0.4 is 10.9 Å². The van der Waals surface area contributed by atoms with Gasteiger partial charge < -0.3 is 9.88 Å². The quantitative estimate of drug-likeness (QED) is 0.831. The molecule has 6 nitrogen and oxygen atoms in total. The Balaban J connectivity index is 2.02. The van der Waals surface area contributed by atoms with Crippen molar-refractivity contribution in [2.75, 3.05) is 0 Å². The summed E-state index contributed by atoms with van der Waals surface area (Å²) in [6.07, 6.45) is 6.04. The maximum Gasteiger partial charge on any atom is 0.271 e. The third kappa shape index (κ3) is 2.79. The zero-order valence-corrected chi connectivity index (χ0v) is 9.83.